The van der Waals surface area contributed by atoms with Gasteiger partial charge in [0.1, 0.15) is 17.7 Å². The van der Waals surface area contributed by atoms with Crippen LogP contribution in [0.4, 0.5) is 10.1 Å². The third-order valence-corrected chi connectivity index (χ3v) is 5.29. The molecule has 1 aliphatic heterocycles. The van der Waals surface area contributed by atoms with Crippen molar-refractivity contribution < 1.29 is 13.9 Å². The van der Waals surface area contributed by atoms with Gasteiger partial charge in [-0.15, -0.1) is 0 Å². The van der Waals surface area contributed by atoms with Gasteiger partial charge >= 0.3 is 0 Å². The molecule has 1 aliphatic rings. The molecule has 1 amide bonds. The van der Waals surface area contributed by atoms with Gasteiger partial charge in [0, 0.05) is 18.0 Å². The maximum atomic E-state index is 14.2. The van der Waals surface area contributed by atoms with Crippen molar-refractivity contribution in [3.05, 3.63) is 56.8 Å². The molecule has 0 saturated carbocycles. The summed E-state index contributed by atoms with van der Waals surface area (Å²) in [6.07, 6.45) is 1.53. The first-order chi connectivity index (χ1) is 14.4. The molecular formula is C21H26Cl3FN2O2S. The Hall–Kier alpha value is -1.34. The van der Waals surface area contributed by atoms with Gasteiger partial charge in [-0.05, 0) is 24.3 Å². The third kappa shape index (κ3) is 6.84. The lowest BCUT2D eigenvalue weighted by Gasteiger charge is -2.40. The van der Waals surface area contributed by atoms with E-state index in [0.717, 1.165) is 23.7 Å². The van der Waals surface area contributed by atoms with Crippen molar-refractivity contribution in [3.63, 3.8) is 0 Å². The van der Waals surface area contributed by atoms with Gasteiger partial charge in [0.2, 0.25) is 0 Å². The highest BCUT2D eigenvalue weighted by molar-refractivity contribution is 7.97. The van der Waals surface area contributed by atoms with Crippen molar-refractivity contribution in [3.8, 4) is 5.75 Å². The van der Waals surface area contributed by atoms with Crippen LogP contribution in [-0.4, -0.2) is 31.4 Å². The summed E-state index contributed by atoms with van der Waals surface area (Å²) in [5.74, 6) is -1.02. The lowest BCUT2D eigenvalue weighted by molar-refractivity contribution is 0.0980. The molecule has 0 spiro atoms. The first-order valence-corrected chi connectivity index (χ1v) is 11.9. The summed E-state index contributed by atoms with van der Waals surface area (Å²) in [6.45, 7) is 9.20. The van der Waals surface area contributed by atoms with E-state index in [1.54, 1.807) is 18.4 Å². The number of carbonyl (C=O) groups excluding carboxylic acids is 1. The number of nitrogens with one attached hydrogen (secondary N) is 1. The molecule has 0 radical (unpaired) electrons. The lowest BCUT2D eigenvalue weighted by Crippen LogP contribution is -2.54. The quantitative estimate of drug-likeness (QED) is 0.449. The van der Waals surface area contributed by atoms with E-state index in [1.165, 1.54) is 6.07 Å². The summed E-state index contributed by atoms with van der Waals surface area (Å²) in [7, 11) is 0. The summed E-state index contributed by atoms with van der Waals surface area (Å²) in [6, 6.07) is 7.80. The molecule has 9 heteroatoms. The molecule has 1 N–H and O–H groups in total. The maximum Gasteiger partial charge on any atom is 0.264 e. The number of anilines is 1. The number of halogens is 4. The van der Waals surface area contributed by atoms with Crippen LogP contribution >= 0.6 is 46.8 Å². The number of carbonyl (C=O) groups is 1. The first kappa shape index (κ1) is 26.7. The standard InChI is InChI=1S/C17H14Cl3FN2O2S.2C2H6/c1-26-22-17(24)11-5-14(20)16(6-15(11)21)25-10-7-23(8-10)9-2-3-12(18)13(19)4-9;2*1-2/h2-6,10H,7-8H2,1H3,(H,22,24);2*1-2H3. The van der Waals surface area contributed by atoms with E-state index in [0.29, 0.717) is 23.1 Å². The van der Waals surface area contributed by atoms with Crippen LogP contribution in [0.25, 0.3) is 0 Å². The van der Waals surface area contributed by atoms with Gasteiger partial charge in [-0.1, -0.05) is 74.4 Å². The van der Waals surface area contributed by atoms with E-state index < -0.39 is 11.7 Å². The molecule has 0 unspecified atom stereocenters. The van der Waals surface area contributed by atoms with Crippen LogP contribution in [0.5, 0.6) is 5.75 Å². The molecule has 4 nitrogen and oxygen atoms in total. The zero-order valence-electron chi connectivity index (χ0n) is 17.6. The Balaban J connectivity index is 0.00000106. The Morgan fingerprint density at radius 3 is 2.27 bits per heavy atom. The normalized spacial score (nSPS) is 12.6. The average Bonchev–Trinajstić information content (AvgIpc) is 2.72. The number of rotatable bonds is 5. The monoisotopic (exact) mass is 494 g/mol. The van der Waals surface area contributed by atoms with Gasteiger partial charge in [-0.2, -0.15) is 0 Å². The molecule has 30 heavy (non-hydrogen) atoms. The second-order valence-corrected chi connectivity index (χ2v) is 7.48. The Morgan fingerprint density at radius 1 is 1.07 bits per heavy atom. The number of hydrogen-bond acceptors (Lipinski definition) is 4. The van der Waals surface area contributed by atoms with Gasteiger partial charge in [0.25, 0.3) is 5.91 Å². The van der Waals surface area contributed by atoms with E-state index >= 15 is 0 Å². The van der Waals surface area contributed by atoms with Gasteiger partial charge in [0.15, 0.2) is 0 Å². The molecule has 2 aromatic carbocycles. The van der Waals surface area contributed by atoms with Gasteiger partial charge in [-0.3, -0.25) is 9.52 Å². The molecule has 1 saturated heterocycles. The van der Waals surface area contributed by atoms with Gasteiger partial charge in [0.05, 0.1) is 33.7 Å². The van der Waals surface area contributed by atoms with E-state index in [9.17, 15) is 9.18 Å². The van der Waals surface area contributed by atoms with Crippen LogP contribution in [0.3, 0.4) is 0 Å². The van der Waals surface area contributed by atoms with Crippen LogP contribution in [0.2, 0.25) is 15.1 Å². The largest absolute Gasteiger partial charge is 0.485 e. The fraction of sp³-hybridized carbons (Fsp3) is 0.381. The summed E-state index contributed by atoms with van der Waals surface area (Å²) < 4.78 is 22.4. The number of hydrogen-bond donors (Lipinski definition) is 1. The SMILES string of the molecule is CC.CC.CSNC(=O)c1cc(Cl)c(OC2CN(c3ccc(Cl)c(Cl)c3)C2)cc1F. The first-order valence-electron chi connectivity index (χ1n) is 9.58. The molecule has 0 atom stereocenters. The van der Waals surface area contributed by atoms with E-state index in [4.69, 9.17) is 39.5 Å². The molecule has 0 aromatic heterocycles. The molecule has 1 fully saturated rings. The second kappa shape index (κ2) is 13.2. The minimum absolute atomic E-state index is 0.122. The molecular weight excluding hydrogens is 470 g/mol. The highest BCUT2D eigenvalue weighted by atomic mass is 35.5. The summed E-state index contributed by atoms with van der Waals surface area (Å²) in [5.41, 5.74) is 0.809. The summed E-state index contributed by atoms with van der Waals surface area (Å²) in [5, 5.41) is 1.17. The van der Waals surface area contributed by atoms with Crippen molar-refractivity contribution >= 4 is 58.3 Å². The summed E-state index contributed by atoms with van der Waals surface area (Å²) in [4.78, 5) is 13.8. The van der Waals surface area contributed by atoms with Gasteiger partial charge in [-0.25, -0.2) is 4.39 Å². The Morgan fingerprint density at radius 2 is 1.70 bits per heavy atom. The molecule has 3 rings (SSSR count). The highest BCUT2D eigenvalue weighted by Crippen LogP contribution is 2.33. The van der Waals surface area contributed by atoms with Crippen LogP contribution < -0.4 is 14.4 Å². The number of nitrogens with zero attached hydrogens (tertiary/aromatic N) is 1. The maximum absolute atomic E-state index is 14.2. The topological polar surface area (TPSA) is 41.6 Å². The Kier molecular flexibility index (Phi) is 11.7. The van der Waals surface area contributed by atoms with Crippen molar-refractivity contribution in [1.29, 1.82) is 0 Å². The second-order valence-electron chi connectivity index (χ2n) is 5.64. The molecule has 0 aliphatic carbocycles. The molecule has 2 aromatic rings. The van der Waals surface area contributed by atoms with Crippen LogP contribution in [-0.2, 0) is 0 Å². The van der Waals surface area contributed by atoms with Crippen molar-refractivity contribution in [1.82, 2.24) is 4.72 Å². The smallest absolute Gasteiger partial charge is 0.264 e. The van der Waals surface area contributed by atoms with Gasteiger partial charge < -0.3 is 9.64 Å². The highest BCUT2D eigenvalue weighted by Gasteiger charge is 2.30. The molecule has 0 bridgehead atoms. The minimum atomic E-state index is -0.684. The number of benzene rings is 2. The lowest BCUT2D eigenvalue weighted by atomic mass is 10.1. The van der Waals surface area contributed by atoms with Crippen molar-refractivity contribution in [2.45, 2.75) is 33.8 Å². The number of amides is 1. The molecule has 1 heterocycles. The Bertz CT molecular complexity index is 849. The minimum Gasteiger partial charge on any atom is -0.485 e. The fourth-order valence-electron chi connectivity index (χ4n) is 2.53. The van der Waals surface area contributed by atoms with Crippen LogP contribution in [0.1, 0.15) is 38.1 Å². The predicted octanol–water partition coefficient (Wildman–Crippen LogP) is 7.11. The Labute approximate surface area is 197 Å². The predicted molar refractivity (Wildman–Crippen MR) is 128 cm³/mol. The number of ether oxygens (including phenoxy) is 1. The fourth-order valence-corrected chi connectivity index (χ4v) is 3.32. The summed E-state index contributed by atoms with van der Waals surface area (Å²) >= 11 is 19.2. The molecule has 166 valence electrons. The van der Waals surface area contributed by atoms with Crippen LogP contribution in [0.15, 0.2) is 30.3 Å². The van der Waals surface area contributed by atoms with Crippen LogP contribution in [0, 0.1) is 5.82 Å². The van der Waals surface area contributed by atoms with E-state index in [2.05, 4.69) is 9.62 Å². The van der Waals surface area contributed by atoms with Crippen molar-refractivity contribution in [2.75, 3.05) is 24.2 Å². The zero-order chi connectivity index (χ0) is 22.8. The van der Waals surface area contributed by atoms with E-state index in [1.807, 2.05) is 33.8 Å². The van der Waals surface area contributed by atoms with E-state index in [-0.39, 0.29) is 22.4 Å². The third-order valence-electron chi connectivity index (χ3n) is 3.87. The van der Waals surface area contributed by atoms with Crippen molar-refractivity contribution in [2.24, 2.45) is 0 Å². The average molecular weight is 496 g/mol. The zero-order valence-corrected chi connectivity index (χ0v) is 20.6.